The molecule has 1 saturated heterocycles. The third-order valence-corrected chi connectivity index (χ3v) is 6.02. The van der Waals surface area contributed by atoms with E-state index in [1.807, 2.05) is 0 Å². The summed E-state index contributed by atoms with van der Waals surface area (Å²) in [4.78, 5) is 12.8. The highest BCUT2D eigenvalue weighted by Crippen LogP contribution is 2.36. The minimum atomic E-state index is -4.75. The molecule has 0 radical (unpaired) electrons. The van der Waals surface area contributed by atoms with Gasteiger partial charge >= 0.3 is 6.18 Å². The van der Waals surface area contributed by atoms with E-state index in [0.29, 0.717) is 6.07 Å². The van der Waals surface area contributed by atoms with E-state index >= 15 is 0 Å². The van der Waals surface area contributed by atoms with Crippen LogP contribution in [0.15, 0.2) is 23.1 Å². The van der Waals surface area contributed by atoms with Crippen LogP contribution < -0.4 is 5.32 Å². The molecule has 0 saturated carbocycles. The number of alkyl halides is 3. The molecule has 0 unspecified atom stereocenters. The van der Waals surface area contributed by atoms with Crippen molar-refractivity contribution in [3.05, 3.63) is 28.8 Å². The van der Waals surface area contributed by atoms with Gasteiger partial charge in [-0.25, -0.2) is 8.42 Å². The molecule has 1 fully saturated rings. The predicted molar refractivity (Wildman–Crippen MR) is 93.0 cm³/mol. The highest BCUT2D eigenvalue weighted by molar-refractivity contribution is 7.89. The smallest absolute Gasteiger partial charge is 0.339 e. The van der Waals surface area contributed by atoms with Gasteiger partial charge in [-0.05, 0) is 25.2 Å². The topological polar surface area (TPSA) is 69.7 Å². The second-order valence-corrected chi connectivity index (χ2v) is 7.80. The van der Waals surface area contributed by atoms with Crippen LogP contribution >= 0.6 is 24.0 Å². The number of nitrogens with one attached hydrogen (secondary N) is 1. The van der Waals surface area contributed by atoms with Gasteiger partial charge in [-0.1, -0.05) is 11.6 Å². The predicted octanol–water partition coefficient (Wildman–Crippen LogP) is 1.83. The molecule has 26 heavy (non-hydrogen) atoms. The third-order valence-electron chi connectivity index (χ3n) is 3.80. The number of halogens is 5. The minimum absolute atomic E-state index is 0. The lowest BCUT2D eigenvalue weighted by atomic mass is 10.2. The van der Waals surface area contributed by atoms with Gasteiger partial charge in [0, 0.05) is 26.2 Å². The molecule has 1 aliphatic heterocycles. The Labute approximate surface area is 160 Å². The number of carbonyl (C=O) groups is 1. The van der Waals surface area contributed by atoms with Gasteiger partial charge in [0.2, 0.25) is 15.9 Å². The molecule has 12 heteroatoms. The van der Waals surface area contributed by atoms with Gasteiger partial charge in [0.05, 0.1) is 22.0 Å². The Morgan fingerprint density at radius 1 is 1.23 bits per heavy atom. The monoisotopic (exact) mass is 435 g/mol. The number of benzene rings is 1. The van der Waals surface area contributed by atoms with Crippen LogP contribution in [0, 0.1) is 0 Å². The number of rotatable bonds is 4. The van der Waals surface area contributed by atoms with Crippen LogP contribution in [0.5, 0.6) is 0 Å². The Morgan fingerprint density at radius 2 is 1.81 bits per heavy atom. The van der Waals surface area contributed by atoms with E-state index < -0.39 is 31.7 Å². The molecule has 1 aromatic carbocycles. The first kappa shape index (κ1) is 23.0. The first-order valence-electron chi connectivity index (χ1n) is 7.36. The summed E-state index contributed by atoms with van der Waals surface area (Å²) >= 11 is 5.52. The van der Waals surface area contributed by atoms with Gasteiger partial charge < -0.3 is 10.2 Å². The van der Waals surface area contributed by atoms with Crippen molar-refractivity contribution in [2.24, 2.45) is 0 Å². The van der Waals surface area contributed by atoms with E-state index in [1.165, 1.54) is 4.90 Å². The number of hydrogen-bond donors (Lipinski definition) is 1. The van der Waals surface area contributed by atoms with Crippen molar-refractivity contribution in [1.29, 1.82) is 0 Å². The van der Waals surface area contributed by atoms with Crippen molar-refractivity contribution in [3.8, 4) is 0 Å². The van der Waals surface area contributed by atoms with E-state index in [1.54, 1.807) is 7.05 Å². The summed E-state index contributed by atoms with van der Waals surface area (Å²) in [5.41, 5.74) is -1.20. The fourth-order valence-electron chi connectivity index (χ4n) is 2.47. The van der Waals surface area contributed by atoms with Gasteiger partial charge in [0.25, 0.3) is 0 Å². The molecule has 1 N–H and O–H groups in total. The average molecular weight is 436 g/mol. The lowest BCUT2D eigenvalue weighted by Crippen LogP contribution is -2.52. The maximum absolute atomic E-state index is 12.9. The average Bonchev–Trinajstić information content (AvgIpc) is 2.54. The fourth-order valence-corrected chi connectivity index (χ4v) is 4.15. The van der Waals surface area contributed by atoms with Gasteiger partial charge in [-0.3, -0.25) is 4.79 Å². The zero-order chi connectivity index (χ0) is 18.8. The fraction of sp³-hybridized carbons (Fsp3) is 0.500. The number of hydrogen-bond acceptors (Lipinski definition) is 4. The number of piperazine rings is 1. The zero-order valence-electron chi connectivity index (χ0n) is 13.7. The Balaban J connectivity index is 0.00000338. The normalized spacial score (nSPS) is 16.3. The van der Waals surface area contributed by atoms with Crippen LogP contribution in [0.2, 0.25) is 5.02 Å². The number of amides is 1. The minimum Gasteiger partial charge on any atom is -0.339 e. The van der Waals surface area contributed by atoms with Crippen LogP contribution in [0.3, 0.4) is 0 Å². The van der Waals surface area contributed by atoms with Gasteiger partial charge in [0.15, 0.2) is 0 Å². The largest absolute Gasteiger partial charge is 0.417 e. The lowest BCUT2D eigenvalue weighted by molar-refractivity contribution is -0.137. The first-order valence-corrected chi connectivity index (χ1v) is 9.18. The molecule has 6 nitrogen and oxygen atoms in total. The van der Waals surface area contributed by atoms with Gasteiger partial charge in [-0.15, -0.1) is 12.4 Å². The van der Waals surface area contributed by atoms with Crippen LogP contribution in [0.4, 0.5) is 13.2 Å². The summed E-state index contributed by atoms with van der Waals surface area (Å²) in [6.45, 7) is 0.529. The number of likely N-dealkylation sites (N-methyl/N-ethyl adjacent to an activating group) is 1. The lowest BCUT2D eigenvalue weighted by Gasteiger charge is -2.34. The molecule has 1 aromatic rings. The molecule has 0 bridgehead atoms. The Hall–Kier alpha value is -1.07. The van der Waals surface area contributed by atoms with E-state index in [0.717, 1.165) is 16.4 Å². The van der Waals surface area contributed by atoms with Crippen LogP contribution in [-0.2, 0) is 21.0 Å². The number of carbonyl (C=O) groups excluding carboxylic acids is 1. The van der Waals surface area contributed by atoms with Crippen molar-refractivity contribution >= 4 is 39.9 Å². The zero-order valence-corrected chi connectivity index (χ0v) is 16.1. The maximum Gasteiger partial charge on any atom is 0.417 e. The Bertz CT molecular complexity index is 752. The summed E-state index contributed by atoms with van der Waals surface area (Å²) in [7, 11) is -2.48. The molecule has 0 atom stereocenters. The van der Waals surface area contributed by atoms with Gasteiger partial charge in [-0.2, -0.15) is 17.5 Å². The standard InChI is InChI=1S/C14H17ClF3N3O3S.ClH/c1-19-9-13(22)20-4-6-21(7-5-20)25(23,24)10-2-3-12(15)11(8-10)14(16,17)18;/h2-3,8,19H,4-7,9H2,1H3;1H. The van der Waals surface area contributed by atoms with Crippen molar-refractivity contribution < 1.29 is 26.4 Å². The summed E-state index contributed by atoms with van der Waals surface area (Å²) in [6, 6.07) is 2.51. The summed E-state index contributed by atoms with van der Waals surface area (Å²) in [5, 5.41) is 2.15. The van der Waals surface area contributed by atoms with E-state index in [2.05, 4.69) is 5.32 Å². The Morgan fingerprint density at radius 3 is 2.31 bits per heavy atom. The third kappa shape index (κ3) is 5.01. The molecule has 0 spiro atoms. The second-order valence-electron chi connectivity index (χ2n) is 5.45. The van der Waals surface area contributed by atoms with E-state index in [4.69, 9.17) is 11.6 Å². The van der Waals surface area contributed by atoms with Crippen molar-refractivity contribution in [1.82, 2.24) is 14.5 Å². The summed E-state index contributed by atoms with van der Waals surface area (Å²) in [5.74, 6) is -0.162. The SMILES string of the molecule is CNCC(=O)N1CCN(S(=O)(=O)c2ccc(Cl)c(C(F)(F)F)c2)CC1.Cl. The van der Waals surface area contributed by atoms with Gasteiger partial charge in [0.1, 0.15) is 0 Å². The number of nitrogens with zero attached hydrogens (tertiary/aromatic N) is 2. The van der Waals surface area contributed by atoms with Crippen LogP contribution in [-0.4, -0.2) is 63.3 Å². The molecular formula is C14H18Cl2F3N3O3S. The molecule has 2 rings (SSSR count). The van der Waals surface area contributed by atoms with Crippen LogP contribution in [0.1, 0.15) is 5.56 Å². The summed E-state index contributed by atoms with van der Waals surface area (Å²) < 4.78 is 65.0. The quantitative estimate of drug-likeness (QED) is 0.782. The highest BCUT2D eigenvalue weighted by Gasteiger charge is 2.36. The van der Waals surface area contributed by atoms with Crippen molar-refractivity contribution in [2.45, 2.75) is 11.1 Å². The highest BCUT2D eigenvalue weighted by atomic mass is 35.5. The van der Waals surface area contributed by atoms with Crippen molar-refractivity contribution in [3.63, 3.8) is 0 Å². The van der Waals surface area contributed by atoms with Crippen LogP contribution in [0.25, 0.3) is 0 Å². The maximum atomic E-state index is 12.9. The first-order chi connectivity index (χ1) is 11.6. The second kappa shape index (κ2) is 8.75. The molecule has 0 aliphatic carbocycles. The molecule has 0 aromatic heterocycles. The molecule has 1 amide bonds. The molecule has 148 valence electrons. The number of sulfonamides is 1. The molecule has 1 aliphatic rings. The summed E-state index contributed by atoms with van der Waals surface area (Å²) in [6.07, 6.45) is -4.75. The van der Waals surface area contributed by atoms with E-state index in [-0.39, 0.29) is 51.0 Å². The van der Waals surface area contributed by atoms with Crippen molar-refractivity contribution in [2.75, 3.05) is 39.8 Å². The Kier molecular flexibility index (Phi) is 7.73. The molecule has 1 heterocycles. The molecular weight excluding hydrogens is 418 g/mol. The van der Waals surface area contributed by atoms with E-state index in [9.17, 15) is 26.4 Å².